The standard InChI is InChI=1S/C15H20N2O2S/c1-2-12-13(18)17(10-11-6-5-9-20-11)15(14(19)16-12)7-3-4-8-15/h5-6,9,12H,2-4,7-8,10H2,1H3,(H,16,19). The maximum atomic E-state index is 12.7. The number of nitrogens with one attached hydrogen (secondary N) is 1. The van der Waals surface area contributed by atoms with Crippen molar-refractivity contribution in [2.45, 2.75) is 57.2 Å². The smallest absolute Gasteiger partial charge is 0.246 e. The minimum atomic E-state index is -0.591. The second-order valence-corrected chi connectivity index (χ2v) is 6.71. The van der Waals surface area contributed by atoms with Crippen molar-refractivity contribution in [2.75, 3.05) is 0 Å². The number of hydrogen-bond donors (Lipinski definition) is 1. The Morgan fingerprint density at radius 3 is 2.75 bits per heavy atom. The Balaban J connectivity index is 1.94. The van der Waals surface area contributed by atoms with Crippen LogP contribution >= 0.6 is 11.3 Å². The Morgan fingerprint density at radius 2 is 2.15 bits per heavy atom. The fourth-order valence-corrected chi connectivity index (χ4v) is 4.09. The molecule has 1 spiro atoms. The van der Waals surface area contributed by atoms with Crippen molar-refractivity contribution in [1.29, 1.82) is 0 Å². The van der Waals surface area contributed by atoms with E-state index in [9.17, 15) is 9.59 Å². The van der Waals surface area contributed by atoms with Gasteiger partial charge in [0.05, 0.1) is 6.54 Å². The SMILES string of the molecule is CCC1NC(=O)C2(CCCC2)N(Cc2cccs2)C1=O. The van der Waals surface area contributed by atoms with Gasteiger partial charge in [-0.1, -0.05) is 25.8 Å². The van der Waals surface area contributed by atoms with Gasteiger partial charge in [-0.3, -0.25) is 9.59 Å². The molecule has 1 saturated carbocycles. The van der Waals surface area contributed by atoms with E-state index < -0.39 is 5.54 Å². The molecule has 20 heavy (non-hydrogen) atoms. The highest BCUT2D eigenvalue weighted by atomic mass is 32.1. The topological polar surface area (TPSA) is 49.4 Å². The highest BCUT2D eigenvalue weighted by molar-refractivity contribution is 7.09. The van der Waals surface area contributed by atoms with Crippen molar-refractivity contribution in [3.05, 3.63) is 22.4 Å². The maximum Gasteiger partial charge on any atom is 0.246 e. The van der Waals surface area contributed by atoms with Crippen molar-refractivity contribution in [3.8, 4) is 0 Å². The molecule has 2 fully saturated rings. The molecule has 1 unspecified atom stereocenters. The van der Waals surface area contributed by atoms with E-state index >= 15 is 0 Å². The fraction of sp³-hybridized carbons (Fsp3) is 0.600. The Morgan fingerprint density at radius 1 is 1.40 bits per heavy atom. The van der Waals surface area contributed by atoms with Gasteiger partial charge >= 0.3 is 0 Å². The first-order valence-electron chi connectivity index (χ1n) is 7.32. The Kier molecular flexibility index (Phi) is 3.54. The van der Waals surface area contributed by atoms with Crippen molar-refractivity contribution in [1.82, 2.24) is 10.2 Å². The predicted octanol–water partition coefficient (Wildman–Crippen LogP) is 2.30. The monoisotopic (exact) mass is 292 g/mol. The number of nitrogens with zero attached hydrogens (tertiary/aromatic N) is 1. The van der Waals surface area contributed by atoms with Crippen LogP contribution in [0.4, 0.5) is 0 Å². The van der Waals surface area contributed by atoms with Gasteiger partial charge in [0.15, 0.2) is 0 Å². The van der Waals surface area contributed by atoms with Gasteiger partial charge in [-0.15, -0.1) is 11.3 Å². The minimum Gasteiger partial charge on any atom is -0.342 e. The quantitative estimate of drug-likeness (QED) is 0.929. The van der Waals surface area contributed by atoms with Crippen LogP contribution in [0.1, 0.15) is 43.9 Å². The first-order chi connectivity index (χ1) is 9.67. The summed E-state index contributed by atoms with van der Waals surface area (Å²) in [7, 11) is 0. The van der Waals surface area contributed by atoms with E-state index in [-0.39, 0.29) is 17.9 Å². The normalized spacial score (nSPS) is 25.2. The van der Waals surface area contributed by atoms with Crippen LogP contribution in [-0.2, 0) is 16.1 Å². The number of carbonyl (C=O) groups is 2. The van der Waals surface area contributed by atoms with Crippen LogP contribution in [0.15, 0.2) is 17.5 Å². The van der Waals surface area contributed by atoms with E-state index in [1.54, 1.807) is 11.3 Å². The van der Waals surface area contributed by atoms with E-state index in [0.29, 0.717) is 13.0 Å². The molecule has 2 aliphatic rings. The van der Waals surface area contributed by atoms with Crippen molar-refractivity contribution in [3.63, 3.8) is 0 Å². The van der Waals surface area contributed by atoms with E-state index in [4.69, 9.17) is 0 Å². The average Bonchev–Trinajstić information content (AvgIpc) is 3.11. The first kappa shape index (κ1) is 13.6. The molecule has 1 saturated heterocycles. The van der Waals surface area contributed by atoms with Gasteiger partial charge in [-0.05, 0) is 30.7 Å². The Labute approximate surface area is 123 Å². The highest BCUT2D eigenvalue weighted by Gasteiger charge is 2.53. The van der Waals surface area contributed by atoms with Crippen LogP contribution in [0.2, 0.25) is 0 Å². The Bertz CT molecular complexity index is 506. The molecule has 1 aliphatic heterocycles. The molecular formula is C15H20N2O2S. The van der Waals surface area contributed by atoms with Crippen molar-refractivity contribution >= 4 is 23.2 Å². The van der Waals surface area contributed by atoms with E-state index in [2.05, 4.69) is 5.32 Å². The summed E-state index contributed by atoms with van der Waals surface area (Å²) in [6.45, 7) is 2.51. The number of rotatable bonds is 3. The van der Waals surface area contributed by atoms with Crippen LogP contribution in [0.25, 0.3) is 0 Å². The number of amides is 2. The molecule has 0 aromatic carbocycles. The van der Waals surface area contributed by atoms with E-state index in [0.717, 1.165) is 30.6 Å². The molecule has 1 aromatic heterocycles. The number of thiophene rings is 1. The van der Waals surface area contributed by atoms with E-state index in [1.165, 1.54) is 0 Å². The van der Waals surface area contributed by atoms with Crippen LogP contribution in [0.3, 0.4) is 0 Å². The summed E-state index contributed by atoms with van der Waals surface area (Å²) in [6, 6.07) is 3.68. The van der Waals surface area contributed by atoms with Crippen LogP contribution in [0, 0.1) is 0 Å². The fourth-order valence-electron chi connectivity index (χ4n) is 3.40. The Hall–Kier alpha value is -1.36. The van der Waals surface area contributed by atoms with Gasteiger partial charge in [0.1, 0.15) is 11.6 Å². The predicted molar refractivity (Wildman–Crippen MR) is 78.3 cm³/mol. The summed E-state index contributed by atoms with van der Waals surface area (Å²) >= 11 is 1.65. The molecule has 1 aliphatic carbocycles. The summed E-state index contributed by atoms with van der Waals surface area (Å²) in [4.78, 5) is 28.3. The lowest BCUT2D eigenvalue weighted by atomic mass is 9.89. The molecular weight excluding hydrogens is 272 g/mol. The molecule has 1 aromatic rings. The largest absolute Gasteiger partial charge is 0.342 e. The highest BCUT2D eigenvalue weighted by Crippen LogP contribution is 2.39. The van der Waals surface area contributed by atoms with Crippen molar-refractivity contribution < 1.29 is 9.59 Å². The molecule has 108 valence electrons. The van der Waals surface area contributed by atoms with Crippen LogP contribution in [-0.4, -0.2) is 28.3 Å². The average molecular weight is 292 g/mol. The maximum absolute atomic E-state index is 12.7. The first-order valence-corrected chi connectivity index (χ1v) is 8.20. The number of hydrogen-bond acceptors (Lipinski definition) is 3. The van der Waals surface area contributed by atoms with Gasteiger partial charge in [-0.2, -0.15) is 0 Å². The van der Waals surface area contributed by atoms with Gasteiger partial charge in [0.25, 0.3) is 0 Å². The molecule has 0 bridgehead atoms. The molecule has 1 N–H and O–H groups in total. The lowest BCUT2D eigenvalue weighted by molar-refractivity contribution is -0.158. The zero-order valence-corrected chi connectivity index (χ0v) is 12.5. The molecule has 2 heterocycles. The third kappa shape index (κ3) is 2.04. The summed E-state index contributed by atoms with van der Waals surface area (Å²) in [5, 5.41) is 4.95. The third-order valence-electron chi connectivity index (χ3n) is 4.54. The van der Waals surface area contributed by atoms with Gasteiger partial charge in [-0.25, -0.2) is 0 Å². The lowest BCUT2D eigenvalue weighted by Crippen LogP contribution is -2.69. The van der Waals surface area contributed by atoms with Crippen LogP contribution in [0.5, 0.6) is 0 Å². The zero-order chi connectivity index (χ0) is 14.2. The third-order valence-corrected chi connectivity index (χ3v) is 5.40. The van der Waals surface area contributed by atoms with Crippen LogP contribution < -0.4 is 5.32 Å². The molecule has 2 amide bonds. The summed E-state index contributed by atoms with van der Waals surface area (Å²) in [6.07, 6.45) is 4.30. The summed E-state index contributed by atoms with van der Waals surface area (Å²) in [5.41, 5.74) is -0.591. The molecule has 1 atom stereocenters. The number of carbonyl (C=O) groups excluding carboxylic acids is 2. The molecule has 4 nitrogen and oxygen atoms in total. The summed E-state index contributed by atoms with van der Waals surface area (Å²) in [5.74, 6) is 0.139. The lowest BCUT2D eigenvalue weighted by Gasteiger charge is -2.46. The van der Waals surface area contributed by atoms with Gasteiger partial charge in [0.2, 0.25) is 11.8 Å². The molecule has 0 radical (unpaired) electrons. The molecule has 5 heteroatoms. The number of piperazine rings is 1. The second kappa shape index (κ2) is 5.20. The van der Waals surface area contributed by atoms with Gasteiger partial charge < -0.3 is 10.2 Å². The van der Waals surface area contributed by atoms with Crippen molar-refractivity contribution in [2.24, 2.45) is 0 Å². The summed E-state index contributed by atoms with van der Waals surface area (Å²) < 4.78 is 0. The van der Waals surface area contributed by atoms with Gasteiger partial charge in [0, 0.05) is 4.88 Å². The minimum absolute atomic E-state index is 0.0537. The zero-order valence-electron chi connectivity index (χ0n) is 11.7. The second-order valence-electron chi connectivity index (χ2n) is 5.68. The molecule has 3 rings (SSSR count). The van der Waals surface area contributed by atoms with E-state index in [1.807, 2.05) is 29.3 Å².